The molecule has 3 nitrogen and oxygen atoms in total. The van der Waals surface area contributed by atoms with Crippen molar-refractivity contribution < 1.29 is 4.74 Å². The molecule has 4 heteroatoms. The van der Waals surface area contributed by atoms with Crippen LogP contribution >= 0.6 is 15.9 Å². The molecule has 0 radical (unpaired) electrons. The molecule has 15 heavy (non-hydrogen) atoms. The van der Waals surface area contributed by atoms with Gasteiger partial charge >= 0.3 is 0 Å². The van der Waals surface area contributed by atoms with Gasteiger partial charge in [-0.05, 0) is 12.1 Å². The molecule has 0 amide bonds. The summed E-state index contributed by atoms with van der Waals surface area (Å²) in [5.41, 5.74) is 0.540. The van der Waals surface area contributed by atoms with E-state index in [0.29, 0.717) is 5.56 Å². The first kappa shape index (κ1) is 9.94. The lowest BCUT2D eigenvalue weighted by Gasteiger charge is -2.07. The van der Waals surface area contributed by atoms with Gasteiger partial charge in [0.2, 0.25) is 0 Å². The van der Waals surface area contributed by atoms with Gasteiger partial charge in [0, 0.05) is 27.6 Å². The largest absolute Gasteiger partial charge is 0.496 e. The number of rotatable bonds is 1. The number of hydrogen-bond donors (Lipinski definition) is 0. The predicted octanol–water partition coefficient (Wildman–Crippen LogP) is 2.88. The van der Waals surface area contributed by atoms with Crippen LogP contribution in [0.25, 0.3) is 10.8 Å². The van der Waals surface area contributed by atoms with Gasteiger partial charge in [-0.3, -0.25) is 4.98 Å². The summed E-state index contributed by atoms with van der Waals surface area (Å²) in [6.07, 6.45) is 3.24. The maximum atomic E-state index is 8.97. The van der Waals surface area contributed by atoms with Crippen molar-refractivity contribution in [2.75, 3.05) is 7.11 Å². The molecule has 0 unspecified atom stereocenters. The molecule has 1 heterocycles. The van der Waals surface area contributed by atoms with Crippen molar-refractivity contribution in [1.82, 2.24) is 4.98 Å². The van der Waals surface area contributed by atoms with E-state index < -0.39 is 0 Å². The first-order valence-corrected chi connectivity index (χ1v) is 5.07. The molecule has 2 aromatic rings. The molecular formula is C11H7BrN2O. The summed E-state index contributed by atoms with van der Waals surface area (Å²) in [5.74, 6) is 0.720. The smallest absolute Gasteiger partial charge is 0.128 e. The number of nitriles is 1. The van der Waals surface area contributed by atoms with Gasteiger partial charge in [-0.1, -0.05) is 15.9 Å². The van der Waals surface area contributed by atoms with Crippen molar-refractivity contribution in [1.29, 1.82) is 5.26 Å². The van der Waals surface area contributed by atoms with Crippen molar-refractivity contribution in [2.45, 2.75) is 0 Å². The van der Waals surface area contributed by atoms with Crippen LogP contribution < -0.4 is 4.74 Å². The molecule has 0 aliphatic carbocycles. The number of nitrogens with zero attached hydrogens (tertiary/aromatic N) is 2. The fourth-order valence-electron chi connectivity index (χ4n) is 1.49. The average Bonchev–Trinajstić information content (AvgIpc) is 2.29. The van der Waals surface area contributed by atoms with Crippen molar-refractivity contribution in [3.05, 3.63) is 34.6 Å². The van der Waals surface area contributed by atoms with Crippen LogP contribution in [0.5, 0.6) is 5.75 Å². The van der Waals surface area contributed by atoms with Crippen LogP contribution in [0.4, 0.5) is 0 Å². The number of fused-ring (bicyclic) bond motifs is 1. The summed E-state index contributed by atoms with van der Waals surface area (Å²) in [6, 6.07) is 5.82. The van der Waals surface area contributed by atoms with Crippen molar-refractivity contribution in [2.24, 2.45) is 0 Å². The molecule has 0 aliphatic heterocycles. The van der Waals surface area contributed by atoms with Crippen molar-refractivity contribution >= 4 is 26.7 Å². The van der Waals surface area contributed by atoms with Crippen LogP contribution in [0, 0.1) is 11.3 Å². The lowest BCUT2D eigenvalue weighted by atomic mass is 10.1. The summed E-state index contributed by atoms with van der Waals surface area (Å²) >= 11 is 3.42. The van der Waals surface area contributed by atoms with E-state index in [0.717, 1.165) is 21.0 Å². The molecule has 0 aliphatic rings. The average molecular weight is 263 g/mol. The molecule has 0 N–H and O–H groups in total. The summed E-state index contributed by atoms with van der Waals surface area (Å²) in [4.78, 5) is 4.01. The Morgan fingerprint density at radius 3 is 2.87 bits per heavy atom. The number of aromatic nitrogens is 1. The third kappa shape index (κ3) is 1.55. The Morgan fingerprint density at radius 1 is 1.40 bits per heavy atom. The Hall–Kier alpha value is -1.60. The van der Waals surface area contributed by atoms with Crippen LogP contribution in [-0.4, -0.2) is 12.1 Å². The Morgan fingerprint density at radius 2 is 2.20 bits per heavy atom. The fourth-order valence-corrected chi connectivity index (χ4v) is 2.05. The summed E-state index contributed by atoms with van der Waals surface area (Å²) < 4.78 is 6.08. The van der Waals surface area contributed by atoms with Gasteiger partial charge in [0.1, 0.15) is 11.8 Å². The van der Waals surface area contributed by atoms with Gasteiger partial charge in [-0.15, -0.1) is 0 Å². The second-order valence-electron chi connectivity index (χ2n) is 2.97. The number of hydrogen-bond acceptors (Lipinski definition) is 3. The fraction of sp³-hybridized carbons (Fsp3) is 0.0909. The van der Waals surface area contributed by atoms with Gasteiger partial charge in [0.25, 0.3) is 0 Å². The van der Waals surface area contributed by atoms with E-state index >= 15 is 0 Å². The molecule has 0 fully saturated rings. The van der Waals surface area contributed by atoms with Gasteiger partial charge < -0.3 is 4.74 Å². The van der Waals surface area contributed by atoms with E-state index in [1.54, 1.807) is 19.5 Å². The molecule has 74 valence electrons. The van der Waals surface area contributed by atoms with Gasteiger partial charge in [0.15, 0.2) is 0 Å². The van der Waals surface area contributed by atoms with Crippen LogP contribution in [0.2, 0.25) is 0 Å². The third-order valence-electron chi connectivity index (χ3n) is 2.17. The number of halogens is 1. The first-order valence-electron chi connectivity index (χ1n) is 4.28. The summed E-state index contributed by atoms with van der Waals surface area (Å²) in [7, 11) is 1.60. The molecule has 1 aromatic heterocycles. The second-order valence-corrected chi connectivity index (χ2v) is 3.83. The highest BCUT2D eigenvalue weighted by Crippen LogP contribution is 2.32. The molecule has 0 saturated carbocycles. The topological polar surface area (TPSA) is 45.9 Å². The SMILES string of the molecule is COc1ccc(Br)c2c(C#N)cncc12. The molecule has 0 bridgehead atoms. The lowest BCUT2D eigenvalue weighted by Crippen LogP contribution is -1.89. The van der Waals surface area contributed by atoms with E-state index in [-0.39, 0.29) is 0 Å². The van der Waals surface area contributed by atoms with Crippen LogP contribution in [0.1, 0.15) is 5.56 Å². The number of benzene rings is 1. The zero-order chi connectivity index (χ0) is 10.8. The molecule has 0 spiro atoms. The van der Waals surface area contributed by atoms with E-state index in [4.69, 9.17) is 10.00 Å². The Balaban J connectivity index is 2.94. The predicted molar refractivity (Wildman–Crippen MR) is 60.7 cm³/mol. The lowest BCUT2D eigenvalue weighted by molar-refractivity contribution is 0.419. The molecule has 0 atom stereocenters. The van der Waals surface area contributed by atoms with Crippen LogP contribution in [0.15, 0.2) is 29.0 Å². The standard InChI is InChI=1S/C11H7BrN2O/c1-15-10-3-2-9(12)11-7(4-13)5-14-6-8(10)11/h2-3,5-6H,1H3. The van der Waals surface area contributed by atoms with Crippen molar-refractivity contribution in [3.63, 3.8) is 0 Å². The maximum absolute atomic E-state index is 8.97. The monoisotopic (exact) mass is 262 g/mol. The highest BCUT2D eigenvalue weighted by Gasteiger charge is 2.09. The Kier molecular flexibility index (Phi) is 2.57. The third-order valence-corrected chi connectivity index (χ3v) is 2.83. The number of ether oxygens (including phenoxy) is 1. The molecular weight excluding hydrogens is 256 g/mol. The van der Waals surface area contributed by atoms with E-state index in [1.807, 2.05) is 12.1 Å². The molecule has 1 aromatic carbocycles. The highest BCUT2D eigenvalue weighted by molar-refractivity contribution is 9.10. The Labute approximate surface area is 95.4 Å². The zero-order valence-electron chi connectivity index (χ0n) is 7.99. The highest BCUT2D eigenvalue weighted by atomic mass is 79.9. The first-order chi connectivity index (χ1) is 7.27. The van der Waals surface area contributed by atoms with E-state index in [1.165, 1.54) is 0 Å². The molecule has 0 saturated heterocycles. The minimum absolute atomic E-state index is 0.540. The minimum atomic E-state index is 0.540. The zero-order valence-corrected chi connectivity index (χ0v) is 9.58. The quantitative estimate of drug-likeness (QED) is 0.794. The number of methoxy groups -OCH3 is 1. The van der Waals surface area contributed by atoms with E-state index in [9.17, 15) is 0 Å². The van der Waals surface area contributed by atoms with Crippen LogP contribution in [-0.2, 0) is 0 Å². The van der Waals surface area contributed by atoms with Gasteiger partial charge in [-0.2, -0.15) is 5.26 Å². The maximum Gasteiger partial charge on any atom is 0.128 e. The van der Waals surface area contributed by atoms with Gasteiger partial charge in [0.05, 0.1) is 12.7 Å². The minimum Gasteiger partial charge on any atom is -0.496 e. The normalized spacial score (nSPS) is 9.93. The van der Waals surface area contributed by atoms with Gasteiger partial charge in [-0.25, -0.2) is 0 Å². The van der Waals surface area contributed by atoms with E-state index in [2.05, 4.69) is 27.0 Å². The molecule has 2 rings (SSSR count). The van der Waals surface area contributed by atoms with Crippen molar-refractivity contribution in [3.8, 4) is 11.8 Å². The summed E-state index contributed by atoms with van der Waals surface area (Å²) in [6.45, 7) is 0. The second kappa shape index (κ2) is 3.87. The Bertz CT molecular complexity index is 560. The number of pyridine rings is 1. The summed E-state index contributed by atoms with van der Waals surface area (Å²) in [5, 5.41) is 10.7. The van der Waals surface area contributed by atoms with Crippen LogP contribution in [0.3, 0.4) is 0 Å².